The topological polar surface area (TPSA) is 29.3 Å². The fraction of sp³-hybridized carbons (Fsp3) is 0.917. The van der Waals surface area contributed by atoms with E-state index in [-0.39, 0.29) is 5.97 Å². The number of hydrogen-bond donors (Lipinski definition) is 0. The van der Waals surface area contributed by atoms with Crippen molar-refractivity contribution in [3.8, 4) is 0 Å². The van der Waals surface area contributed by atoms with Crippen molar-refractivity contribution in [1.29, 1.82) is 0 Å². The van der Waals surface area contributed by atoms with E-state index in [1.165, 1.54) is 0 Å². The molecule has 1 rings (SSSR count). The van der Waals surface area contributed by atoms with Crippen LogP contribution in [0.1, 0.15) is 40.0 Å². The summed E-state index contributed by atoms with van der Waals surface area (Å²) >= 11 is 0. The van der Waals surface area contributed by atoms with E-state index in [1.807, 2.05) is 0 Å². The van der Waals surface area contributed by atoms with Crippen molar-refractivity contribution >= 4 is 5.97 Å². The monoisotopic (exact) mass is 213 g/mol. The Balaban J connectivity index is 1.94. The number of rotatable bonds is 7. The first kappa shape index (κ1) is 12.5. The van der Waals surface area contributed by atoms with Gasteiger partial charge in [-0.3, -0.25) is 9.69 Å². The van der Waals surface area contributed by atoms with Gasteiger partial charge in [-0.15, -0.1) is 0 Å². The molecule has 0 amide bonds. The molecule has 0 aromatic rings. The standard InChI is InChI=1S/C12H23NO2/c1-4-10(2)6-8-15-12(14)5-7-13-9-11(13)3/h10-11H,4-9H2,1-3H3. The van der Waals surface area contributed by atoms with Crippen molar-refractivity contribution in [2.75, 3.05) is 19.7 Å². The molecule has 1 fully saturated rings. The number of hydrogen-bond acceptors (Lipinski definition) is 3. The predicted molar refractivity (Wildman–Crippen MR) is 60.7 cm³/mol. The van der Waals surface area contributed by atoms with Crippen LogP contribution < -0.4 is 0 Å². The molecular formula is C12H23NO2. The first-order valence-corrected chi connectivity index (χ1v) is 6.03. The third kappa shape index (κ3) is 5.17. The molecule has 0 aromatic carbocycles. The first-order chi connectivity index (χ1) is 7.13. The maximum Gasteiger partial charge on any atom is 0.307 e. The average Bonchev–Trinajstić information content (AvgIpc) is 2.91. The van der Waals surface area contributed by atoms with Crippen LogP contribution >= 0.6 is 0 Å². The van der Waals surface area contributed by atoms with Crippen LogP contribution in [0.4, 0.5) is 0 Å². The highest BCUT2D eigenvalue weighted by atomic mass is 16.5. The van der Waals surface area contributed by atoms with Gasteiger partial charge in [-0.25, -0.2) is 0 Å². The SMILES string of the molecule is CCC(C)CCOC(=O)CCN1CC1C. The smallest absolute Gasteiger partial charge is 0.307 e. The summed E-state index contributed by atoms with van der Waals surface area (Å²) in [5, 5.41) is 0. The lowest BCUT2D eigenvalue weighted by atomic mass is 10.1. The summed E-state index contributed by atoms with van der Waals surface area (Å²) in [6.45, 7) is 9.11. The van der Waals surface area contributed by atoms with Gasteiger partial charge in [0.05, 0.1) is 13.0 Å². The Kier molecular flexibility index (Phi) is 5.09. The van der Waals surface area contributed by atoms with Crippen molar-refractivity contribution < 1.29 is 9.53 Å². The lowest BCUT2D eigenvalue weighted by Gasteiger charge is -2.09. The van der Waals surface area contributed by atoms with Crippen LogP contribution in [0.25, 0.3) is 0 Å². The molecule has 0 aliphatic carbocycles. The maximum atomic E-state index is 11.3. The third-order valence-corrected chi connectivity index (χ3v) is 3.16. The Hall–Kier alpha value is -0.570. The fourth-order valence-corrected chi connectivity index (χ4v) is 1.49. The molecule has 0 radical (unpaired) electrons. The molecule has 3 heteroatoms. The second-order valence-corrected chi connectivity index (χ2v) is 4.62. The summed E-state index contributed by atoms with van der Waals surface area (Å²) in [7, 11) is 0. The zero-order valence-electron chi connectivity index (χ0n) is 10.2. The Morgan fingerprint density at radius 3 is 2.80 bits per heavy atom. The van der Waals surface area contributed by atoms with E-state index in [0.29, 0.717) is 25.0 Å². The Morgan fingerprint density at radius 2 is 2.27 bits per heavy atom. The van der Waals surface area contributed by atoms with Gasteiger partial charge in [-0.05, 0) is 19.3 Å². The molecule has 1 heterocycles. The minimum Gasteiger partial charge on any atom is -0.466 e. The first-order valence-electron chi connectivity index (χ1n) is 6.03. The quantitative estimate of drug-likeness (QED) is 0.479. The van der Waals surface area contributed by atoms with E-state index in [2.05, 4.69) is 25.7 Å². The van der Waals surface area contributed by atoms with Gasteiger partial charge >= 0.3 is 5.97 Å². The van der Waals surface area contributed by atoms with Crippen molar-refractivity contribution in [2.45, 2.75) is 46.1 Å². The summed E-state index contributed by atoms with van der Waals surface area (Å²) < 4.78 is 5.16. The maximum absolute atomic E-state index is 11.3. The Morgan fingerprint density at radius 1 is 1.60 bits per heavy atom. The number of ether oxygens (including phenoxy) is 1. The average molecular weight is 213 g/mol. The minimum atomic E-state index is -0.0441. The van der Waals surface area contributed by atoms with E-state index in [1.54, 1.807) is 0 Å². The molecule has 3 atom stereocenters. The van der Waals surface area contributed by atoms with Crippen molar-refractivity contribution in [3.63, 3.8) is 0 Å². The van der Waals surface area contributed by atoms with Crippen LogP contribution in [0.5, 0.6) is 0 Å². The van der Waals surface area contributed by atoms with Gasteiger partial charge in [0, 0.05) is 19.1 Å². The van der Waals surface area contributed by atoms with E-state index < -0.39 is 0 Å². The van der Waals surface area contributed by atoms with Gasteiger partial charge < -0.3 is 4.74 Å². The highest BCUT2D eigenvalue weighted by molar-refractivity contribution is 5.69. The molecule has 88 valence electrons. The van der Waals surface area contributed by atoms with Crippen LogP contribution in [-0.4, -0.2) is 36.6 Å². The lowest BCUT2D eigenvalue weighted by molar-refractivity contribution is -0.144. The zero-order chi connectivity index (χ0) is 11.3. The van der Waals surface area contributed by atoms with Crippen LogP contribution in [0.3, 0.4) is 0 Å². The highest BCUT2D eigenvalue weighted by Crippen LogP contribution is 2.15. The zero-order valence-corrected chi connectivity index (χ0v) is 10.2. The molecule has 0 N–H and O–H groups in total. The molecule has 1 saturated heterocycles. The van der Waals surface area contributed by atoms with Gasteiger partial charge in [-0.1, -0.05) is 20.3 Å². The molecule has 0 bridgehead atoms. The number of esters is 1. The molecule has 15 heavy (non-hydrogen) atoms. The van der Waals surface area contributed by atoms with Crippen LogP contribution in [0.15, 0.2) is 0 Å². The summed E-state index contributed by atoms with van der Waals surface area (Å²) in [5.74, 6) is 0.613. The summed E-state index contributed by atoms with van der Waals surface area (Å²) in [5.41, 5.74) is 0. The molecule has 1 aliphatic rings. The molecule has 3 nitrogen and oxygen atoms in total. The number of nitrogens with zero attached hydrogens (tertiary/aromatic N) is 1. The molecule has 3 unspecified atom stereocenters. The van der Waals surface area contributed by atoms with Gasteiger partial charge in [0.15, 0.2) is 0 Å². The molecule has 0 aromatic heterocycles. The van der Waals surface area contributed by atoms with Gasteiger partial charge in [-0.2, -0.15) is 0 Å². The molecule has 0 spiro atoms. The second kappa shape index (κ2) is 6.11. The largest absolute Gasteiger partial charge is 0.466 e. The summed E-state index contributed by atoms with van der Waals surface area (Å²) in [6.07, 6.45) is 2.69. The van der Waals surface area contributed by atoms with E-state index in [0.717, 1.165) is 25.9 Å². The number of carbonyl (C=O) groups excluding carboxylic acids is 1. The fourth-order valence-electron chi connectivity index (χ4n) is 1.49. The molecular weight excluding hydrogens is 190 g/mol. The van der Waals surface area contributed by atoms with E-state index in [9.17, 15) is 4.79 Å². The second-order valence-electron chi connectivity index (χ2n) is 4.62. The lowest BCUT2D eigenvalue weighted by Crippen LogP contribution is -2.13. The van der Waals surface area contributed by atoms with E-state index >= 15 is 0 Å². The predicted octanol–water partition coefficient (Wildman–Crippen LogP) is 2.06. The minimum absolute atomic E-state index is 0.0441. The van der Waals surface area contributed by atoms with Crippen LogP contribution in [0.2, 0.25) is 0 Å². The van der Waals surface area contributed by atoms with Gasteiger partial charge in [0.2, 0.25) is 0 Å². The summed E-state index contributed by atoms with van der Waals surface area (Å²) in [4.78, 5) is 13.6. The van der Waals surface area contributed by atoms with Crippen molar-refractivity contribution in [1.82, 2.24) is 4.90 Å². The van der Waals surface area contributed by atoms with Crippen molar-refractivity contribution in [3.05, 3.63) is 0 Å². The normalized spacial score (nSPS) is 26.1. The molecule has 1 aliphatic heterocycles. The Labute approximate surface area is 92.8 Å². The van der Waals surface area contributed by atoms with Gasteiger partial charge in [0.1, 0.15) is 0 Å². The van der Waals surface area contributed by atoms with Crippen LogP contribution in [0, 0.1) is 5.92 Å². The molecule has 0 saturated carbocycles. The van der Waals surface area contributed by atoms with Gasteiger partial charge in [0.25, 0.3) is 0 Å². The third-order valence-electron chi connectivity index (χ3n) is 3.16. The number of carbonyl (C=O) groups is 1. The highest BCUT2D eigenvalue weighted by Gasteiger charge is 2.28. The van der Waals surface area contributed by atoms with E-state index in [4.69, 9.17) is 4.74 Å². The Bertz CT molecular complexity index is 206. The van der Waals surface area contributed by atoms with Crippen molar-refractivity contribution in [2.24, 2.45) is 5.92 Å². The summed E-state index contributed by atoms with van der Waals surface area (Å²) in [6, 6.07) is 0.679. The van der Waals surface area contributed by atoms with Crippen LogP contribution in [-0.2, 0) is 9.53 Å².